The van der Waals surface area contributed by atoms with Gasteiger partial charge in [0, 0.05) is 46.4 Å². The van der Waals surface area contributed by atoms with Gasteiger partial charge in [0.05, 0.1) is 4.92 Å². The molecule has 0 unspecified atom stereocenters. The number of carbonyl (C=O) groups is 3. The van der Waals surface area contributed by atoms with E-state index in [9.17, 15) is 24.5 Å². The number of hydrogen-bond donors (Lipinski definition) is 0. The highest BCUT2D eigenvalue weighted by Gasteiger charge is 2.30. The molecule has 0 amide bonds. The maximum atomic E-state index is 12.6. The Balaban J connectivity index is 1.90. The van der Waals surface area contributed by atoms with E-state index in [1.54, 1.807) is 24.3 Å². The summed E-state index contributed by atoms with van der Waals surface area (Å²) in [5, 5.41) is 10.7. The second kappa shape index (κ2) is 6.24. The Bertz CT molecular complexity index is 954. The molecule has 6 heteroatoms. The number of nitro groups is 1. The molecule has 124 valence electrons. The first-order valence-corrected chi connectivity index (χ1v) is 7.56. The molecule has 0 spiro atoms. The van der Waals surface area contributed by atoms with E-state index in [2.05, 4.69) is 0 Å². The molecule has 6 nitrogen and oxygen atoms in total. The average Bonchev–Trinajstić information content (AvgIpc) is 2.63. The van der Waals surface area contributed by atoms with Crippen molar-refractivity contribution in [3.8, 4) is 0 Å². The number of benzene rings is 2. The standard InChI is InChI=1S/C19H13NO5/c1-11-16(19(23)15-5-3-2-4-14(15)18(11)22)10-17(21)12-6-8-13(9-7-12)20(24)25/h2-9H,10H2,1H3. The summed E-state index contributed by atoms with van der Waals surface area (Å²) in [6, 6.07) is 11.7. The predicted molar refractivity (Wildman–Crippen MR) is 89.8 cm³/mol. The van der Waals surface area contributed by atoms with Gasteiger partial charge in [-0.2, -0.15) is 0 Å². The normalized spacial score (nSPS) is 13.6. The number of ketones is 3. The fourth-order valence-corrected chi connectivity index (χ4v) is 2.80. The number of nitrogens with zero attached hydrogens (tertiary/aromatic N) is 1. The molecular formula is C19H13NO5. The average molecular weight is 335 g/mol. The minimum absolute atomic E-state index is 0.121. The highest BCUT2D eigenvalue weighted by Crippen LogP contribution is 2.28. The third kappa shape index (κ3) is 2.89. The molecule has 0 heterocycles. The molecule has 1 aliphatic rings. The van der Waals surface area contributed by atoms with Crippen molar-refractivity contribution in [3.05, 3.63) is 86.5 Å². The second-order valence-corrected chi connectivity index (χ2v) is 5.71. The third-order valence-electron chi connectivity index (χ3n) is 4.22. The van der Waals surface area contributed by atoms with E-state index in [-0.39, 0.29) is 46.2 Å². The molecule has 0 atom stereocenters. The van der Waals surface area contributed by atoms with E-state index < -0.39 is 4.92 Å². The lowest BCUT2D eigenvalue weighted by Gasteiger charge is -2.18. The first-order valence-electron chi connectivity index (χ1n) is 7.56. The van der Waals surface area contributed by atoms with Gasteiger partial charge in [-0.1, -0.05) is 24.3 Å². The van der Waals surface area contributed by atoms with Crippen molar-refractivity contribution >= 4 is 23.0 Å². The van der Waals surface area contributed by atoms with Gasteiger partial charge in [0.2, 0.25) is 0 Å². The lowest BCUT2D eigenvalue weighted by Crippen LogP contribution is -2.22. The number of rotatable bonds is 4. The summed E-state index contributed by atoms with van der Waals surface area (Å²) in [6.07, 6.45) is -0.220. The van der Waals surface area contributed by atoms with Crippen LogP contribution in [0.3, 0.4) is 0 Å². The molecule has 2 aromatic carbocycles. The largest absolute Gasteiger partial charge is 0.294 e. The summed E-state index contributed by atoms with van der Waals surface area (Å²) in [4.78, 5) is 47.6. The molecule has 1 aliphatic carbocycles. The Morgan fingerprint density at radius 1 is 0.960 bits per heavy atom. The van der Waals surface area contributed by atoms with Gasteiger partial charge in [-0.25, -0.2) is 0 Å². The monoisotopic (exact) mass is 335 g/mol. The first kappa shape index (κ1) is 16.4. The van der Waals surface area contributed by atoms with E-state index in [1.165, 1.54) is 31.2 Å². The van der Waals surface area contributed by atoms with Gasteiger partial charge in [-0.05, 0) is 19.1 Å². The van der Waals surface area contributed by atoms with E-state index in [4.69, 9.17) is 0 Å². The van der Waals surface area contributed by atoms with E-state index >= 15 is 0 Å². The Hall–Kier alpha value is -3.41. The molecule has 0 aliphatic heterocycles. The van der Waals surface area contributed by atoms with Gasteiger partial charge in [0.25, 0.3) is 5.69 Å². The minimum Gasteiger partial charge on any atom is -0.294 e. The van der Waals surface area contributed by atoms with Crippen molar-refractivity contribution in [2.75, 3.05) is 0 Å². The van der Waals surface area contributed by atoms with Crippen LogP contribution in [0.2, 0.25) is 0 Å². The van der Waals surface area contributed by atoms with Crippen LogP contribution in [0.25, 0.3) is 0 Å². The Labute approximate surface area is 142 Å². The number of carbonyl (C=O) groups excluding carboxylic acids is 3. The molecule has 0 radical (unpaired) electrons. The van der Waals surface area contributed by atoms with Crippen molar-refractivity contribution in [1.29, 1.82) is 0 Å². The van der Waals surface area contributed by atoms with Crippen molar-refractivity contribution in [1.82, 2.24) is 0 Å². The van der Waals surface area contributed by atoms with Gasteiger partial charge in [-0.15, -0.1) is 0 Å². The van der Waals surface area contributed by atoms with Crippen LogP contribution >= 0.6 is 0 Å². The first-order chi connectivity index (χ1) is 11.9. The van der Waals surface area contributed by atoms with Crippen molar-refractivity contribution in [3.63, 3.8) is 0 Å². The quantitative estimate of drug-likeness (QED) is 0.484. The zero-order valence-electron chi connectivity index (χ0n) is 13.3. The smallest absolute Gasteiger partial charge is 0.269 e. The summed E-state index contributed by atoms with van der Waals surface area (Å²) in [7, 11) is 0. The molecule has 0 saturated carbocycles. The van der Waals surface area contributed by atoms with E-state index in [0.717, 1.165) is 0 Å². The summed E-state index contributed by atoms with van der Waals surface area (Å²) in [6.45, 7) is 1.54. The molecule has 0 fully saturated rings. The van der Waals surface area contributed by atoms with Crippen LogP contribution in [-0.2, 0) is 0 Å². The van der Waals surface area contributed by atoms with Crippen LogP contribution in [0.4, 0.5) is 5.69 Å². The minimum atomic E-state index is -0.554. The maximum Gasteiger partial charge on any atom is 0.269 e. The van der Waals surface area contributed by atoms with Crippen LogP contribution in [0.15, 0.2) is 59.7 Å². The molecule has 2 aromatic rings. The Morgan fingerprint density at radius 3 is 2.08 bits per heavy atom. The van der Waals surface area contributed by atoms with Crippen molar-refractivity contribution < 1.29 is 19.3 Å². The van der Waals surface area contributed by atoms with Gasteiger partial charge in [0.15, 0.2) is 17.3 Å². The molecule has 25 heavy (non-hydrogen) atoms. The molecule has 3 rings (SSSR count). The number of allylic oxidation sites excluding steroid dienone is 2. The fraction of sp³-hybridized carbons (Fsp3) is 0.105. The maximum absolute atomic E-state index is 12.6. The number of fused-ring (bicyclic) bond motifs is 1. The number of nitro benzene ring substituents is 1. The lowest BCUT2D eigenvalue weighted by molar-refractivity contribution is -0.384. The summed E-state index contributed by atoms with van der Waals surface area (Å²) in [5.41, 5.74) is 1.21. The molecule has 0 bridgehead atoms. The predicted octanol–water partition coefficient (Wildman–Crippen LogP) is 3.56. The van der Waals surface area contributed by atoms with Gasteiger partial charge >= 0.3 is 0 Å². The van der Waals surface area contributed by atoms with E-state index in [0.29, 0.717) is 11.1 Å². The van der Waals surface area contributed by atoms with Crippen molar-refractivity contribution in [2.24, 2.45) is 0 Å². The zero-order chi connectivity index (χ0) is 18.1. The van der Waals surface area contributed by atoms with Crippen LogP contribution in [0, 0.1) is 10.1 Å². The van der Waals surface area contributed by atoms with Crippen LogP contribution in [0.5, 0.6) is 0 Å². The van der Waals surface area contributed by atoms with Gasteiger partial charge < -0.3 is 0 Å². The van der Waals surface area contributed by atoms with Crippen LogP contribution in [0.1, 0.15) is 44.4 Å². The lowest BCUT2D eigenvalue weighted by atomic mass is 9.82. The Kier molecular flexibility index (Phi) is 4.10. The van der Waals surface area contributed by atoms with Crippen LogP contribution < -0.4 is 0 Å². The molecule has 0 aromatic heterocycles. The summed E-state index contributed by atoms with van der Waals surface area (Å²) >= 11 is 0. The zero-order valence-corrected chi connectivity index (χ0v) is 13.3. The number of non-ortho nitro benzene ring substituents is 1. The Morgan fingerprint density at radius 2 is 1.52 bits per heavy atom. The SMILES string of the molecule is CC1=C(CC(=O)c2ccc([N+](=O)[O-])cc2)C(=O)c2ccccc2C1=O. The van der Waals surface area contributed by atoms with Crippen molar-refractivity contribution in [2.45, 2.75) is 13.3 Å². The third-order valence-corrected chi connectivity index (χ3v) is 4.22. The highest BCUT2D eigenvalue weighted by molar-refractivity contribution is 6.28. The fourth-order valence-electron chi connectivity index (χ4n) is 2.80. The van der Waals surface area contributed by atoms with Gasteiger partial charge in [-0.3, -0.25) is 24.5 Å². The summed E-state index contributed by atoms with van der Waals surface area (Å²) < 4.78 is 0. The topological polar surface area (TPSA) is 94.3 Å². The summed E-state index contributed by atoms with van der Waals surface area (Å²) in [5.74, 6) is -0.963. The van der Waals surface area contributed by atoms with Crippen LogP contribution in [-0.4, -0.2) is 22.3 Å². The molecular weight excluding hydrogens is 322 g/mol. The highest BCUT2D eigenvalue weighted by atomic mass is 16.6. The van der Waals surface area contributed by atoms with E-state index in [1.807, 2.05) is 0 Å². The van der Waals surface area contributed by atoms with Gasteiger partial charge in [0.1, 0.15) is 0 Å². The second-order valence-electron chi connectivity index (χ2n) is 5.71. The number of Topliss-reactive ketones (excluding diaryl/α,β-unsaturated/α-hetero) is 3. The molecule has 0 saturated heterocycles. The number of hydrogen-bond acceptors (Lipinski definition) is 5. The molecule has 0 N–H and O–H groups in total.